The molecule has 0 radical (unpaired) electrons. The fraction of sp³-hybridized carbons (Fsp3) is 0.714. The number of hydrogen-bond acceptors (Lipinski definition) is 8. The van der Waals surface area contributed by atoms with Gasteiger partial charge in [-0.15, -0.1) is 0 Å². The molecule has 0 aliphatic heterocycles. The number of ether oxygens (including phenoxy) is 4. The summed E-state index contributed by atoms with van der Waals surface area (Å²) in [7, 11) is 0. The Bertz CT molecular complexity index is 965. The Morgan fingerprint density at radius 2 is 1.44 bits per heavy atom. The average Bonchev–Trinajstić information content (AvgIpc) is 3.11. The van der Waals surface area contributed by atoms with Crippen molar-refractivity contribution in [3.8, 4) is 0 Å². The molecule has 1 saturated carbocycles. The van der Waals surface area contributed by atoms with Crippen LogP contribution < -0.4 is 0 Å². The molecule has 200 valence electrons. The van der Waals surface area contributed by atoms with Crippen LogP contribution >= 0.6 is 0 Å². The normalized spacial score (nSPS) is 36.4. The van der Waals surface area contributed by atoms with E-state index in [0.717, 1.165) is 29.6 Å². The second-order valence-corrected chi connectivity index (χ2v) is 11.0. The second kappa shape index (κ2) is 10.8. The zero-order chi connectivity index (χ0) is 26.9. The Morgan fingerprint density at radius 1 is 0.861 bits per heavy atom. The average molecular weight is 505 g/mol. The molecule has 0 aromatic carbocycles. The monoisotopic (exact) mass is 504 g/mol. The molecule has 0 N–H and O–H groups in total. The number of carbonyl (C=O) groups excluding carboxylic acids is 4. The van der Waals surface area contributed by atoms with Crippen molar-refractivity contribution in [3.05, 3.63) is 23.3 Å². The highest BCUT2D eigenvalue weighted by atomic mass is 16.6. The zero-order valence-electron chi connectivity index (χ0n) is 22.6. The van der Waals surface area contributed by atoms with Crippen molar-refractivity contribution in [2.45, 2.75) is 105 Å². The van der Waals surface area contributed by atoms with E-state index in [2.05, 4.69) is 13.5 Å². The molecule has 8 nitrogen and oxygen atoms in total. The molecule has 0 aromatic heterocycles. The van der Waals surface area contributed by atoms with Crippen molar-refractivity contribution in [2.24, 2.45) is 23.2 Å². The molecule has 0 heterocycles. The number of esters is 4. The van der Waals surface area contributed by atoms with Crippen LogP contribution in [-0.4, -0.2) is 48.3 Å². The van der Waals surface area contributed by atoms with Crippen molar-refractivity contribution in [2.75, 3.05) is 0 Å². The van der Waals surface area contributed by atoms with Gasteiger partial charge in [-0.05, 0) is 61.5 Å². The first-order valence-corrected chi connectivity index (χ1v) is 12.8. The van der Waals surface area contributed by atoms with Gasteiger partial charge in [0.15, 0.2) is 6.10 Å². The molecule has 8 heteroatoms. The fourth-order valence-corrected chi connectivity index (χ4v) is 6.83. The lowest BCUT2D eigenvalue weighted by Crippen LogP contribution is -2.54. The summed E-state index contributed by atoms with van der Waals surface area (Å²) in [5.74, 6) is -1.85. The third-order valence-electron chi connectivity index (χ3n) is 8.39. The largest absolute Gasteiger partial charge is 0.462 e. The van der Waals surface area contributed by atoms with E-state index >= 15 is 0 Å². The predicted molar refractivity (Wildman–Crippen MR) is 131 cm³/mol. The summed E-state index contributed by atoms with van der Waals surface area (Å²) in [5, 5.41) is 0. The SMILES string of the molecule is C=C1[C@@H](OC(C)=O)CC[C@H](C)[C@@H](OC(C)=O)CC2=C(C)[C@@H]3[C@H]1CC[C@]3(C)[C@@H](OC(C)=O)[C@@H]2OC(C)=O. The third-order valence-corrected chi connectivity index (χ3v) is 8.39. The maximum absolute atomic E-state index is 12.3. The van der Waals surface area contributed by atoms with E-state index in [1.54, 1.807) is 0 Å². The van der Waals surface area contributed by atoms with Crippen molar-refractivity contribution < 1.29 is 38.1 Å². The van der Waals surface area contributed by atoms with Crippen molar-refractivity contribution in [1.29, 1.82) is 0 Å². The van der Waals surface area contributed by atoms with Crippen LogP contribution in [0.3, 0.4) is 0 Å². The van der Waals surface area contributed by atoms with Crippen LogP contribution in [0.25, 0.3) is 0 Å². The first kappa shape index (κ1) is 27.9. The minimum Gasteiger partial charge on any atom is -0.462 e. The first-order valence-electron chi connectivity index (χ1n) is 12.8. The van der Waals surface area contributed by atoms with Crippen LogP contribution in [0.5, 0.6) is 0 Å². The summed E-state index contributed by atoms with van der Waals surface area (Å²) in [5.41, 5.74) is 2.18. The van der Waals surface area contributed by atoms with Gasteiger partial charge >= 0.3 is 23.9 Å². The van der Waals surface area contributed by atoms with Crippen molar-refractivity contribution in [3.63, 3.8) is 0 Å². The van der Waals surface area contributed by atoms with Crippen molar-refractivity contribution in [1.82, 2.24) is 0 Å². The molecule has 0 amide bonds. The minimum absolute atomic E-state index is 0.00809. The highest BCUT2D eigenvalue weighted by Crippen LogP contribution is 2.60. The van der Waals surface area contributed by atoms with Gasteiger partial charge in [0.1, 0.15) is 18.3 Å². The highest BCUT2D eigenvalue weighted by Gasteiger charge is 2.60. The quantitative estimate of drug-likeness (QED) is 0.314. The van der Waals surface area contributed by atoms with E-state index in [-0.39, 0.29) is 23.7 Å². The zero-order valence-corrected chi connectivity index (χ0v) is 22.6. The van der Waals surface area contributed by atoms with Gasteiger partial charge < -0.3 is 18.9 Å². The minimum atomic E-state index is -0.782. The van der Waals surface area contributed by atoms with Crippen LogP contribution in [0, 0.1) is 23.2 Å². The Balaban J connectivity index is 2.23. The molecular weight excluding hydrogens is 464 g/mol. The second-order valence-electron chi connectivity index (χ2n) is 11.0. The van der Waals surface area contributed by atoms with Gasteiger partial charge in [0, 0.05) is 39.5 Å². The van der Waals surface area contributed by atoms with E-state index in [9.17, 15) is 19.2 Å². The van der Waals surface area contributed by atoms with Gasteiger partial charge in [0.2, 0.25) is 0 Å². The molecule has 36 heavy (non-hydrogen) atoms. The lowest BCUT2D eigenvalue weighted by molar-refractivity contribution is -0.178. The van der Waals surface area contributed by atoms with Crippen LogP contribution in [0.15, 0.2) is 23.3 Å². The predicted octanol–water partition coefficient (Wildman–Crippen LogP) is 4.45. The summed E-state index contributed by atoms with van der Waals surface area (Å²) in [4.78, 5) is 48.5. The molecule has 3 aliphatic carbocycles. The van der Waals surface area contributed by atoms with Gasteiger partial charge in [-0.1, -0.05) is 26.0 Å². The topological polar surface area (TPSA) is 105 Å². The van der Waals surface area contributed by atoms with Gasteiger partial charge in [0.25, 0.3) is 0 Å². The van der Waals surface area contributed by atoms with Gasteiger partial charge in [0.05, 0.1) is 0 Å². The van der Waals surface area contributed by atoms with E-state index < -0.39 is 47.7 Å². The molecule has 0 aromatic rings. The fourth-order valence-electron chi connectivity index (χ4n) is 6.83. The van der Waals surface area contributed by atoms with Gasteiger partial charge in [-0.25, -0.2) is 0 Å². The number of hydrogen-bond donors (Lipinski definition) is 0. The number of carbonyl (C=O) groups is 4. The standard InChI is InChI=1S/C28H40O8/c1-14-9-10-23(33-17(4)29)15(2)21-11-12-28(8)25(21)16(3)22(13-24(14)34-18(5)30)26(35-19(6)31)27(28)36-20(7)32/h14,21,23-27H,2,9-13H2,1,3-8H3/t14-,21-,23-,24-,25+,26+,27-,28-/m0/s1. The van der Waals surface area contributed by atoms with Gasteiger partial charge in [-0.2, -0.15) is 0 Å². The molecular formula is C28H40O8. The summed E-state index contributed by atoms with van der Waals surface area (Å²) in [6, 6.07) is 0. The first-order chi connectivity index (χ1) is 16.8. The Morgan fingerprint density at radius 3 is 2.00 bits per heavy atom. The smallest absolute Gasteiger partial charge is 0.303 e. The van der Waals surface area contributed by atoms with Crippen LogP contribution in [0.4, 0.5) is 0 Å². The summed E-state index contributed by atoms with van der Waals surface area (Å²) >= 11 is 0. The lowest BCUT2D eigenvalue weighted by Gasteiger charge is -2.49. The molecule has 0 saturated heterocycles. The van der Waals surface area contributed by atoms with E-state index in [0.29, 0.717) is 19.3 Å². The summed E-state index contributed by atoms with van der Waals surface area (Å²) in [6.45, 7) is 16.0. The van der Waals surface area contributed by atoms with E-state index in [4.69, 9.17) is 18.9 Å². The number of allylic oxidation sites excluding steroid dienone is 1. The molecule has 3 rings (SSSR count). The summed E-state index contributed by atoms with van der Waals surface area (Å²) in [6.07, 6.45) is 0.602. The Labute approximate surface area is 213 Å². The third kappa shape index (κ3) is 5.52. The van der Waals surface area contributed by atoms with E-state index in [1.807, 2.05) is 13.8 Å². The number of rotatable bonds is 4. The summed E-state index contributed by atoms with van der Waals surface area (Å²) < 4.78 is 23.3. The van der Waals surface area contributed by atoms with Crippen LogP contribution in [0.2, 0.25) is 0 Å². The highest BCUT2D eigenvalue weighted by molar-refractivity contribution is 5.69. The Hall–Kier alpha value is -2.64. The maximum atomic E-state index is 12.3. The molecule has 0 unspecified atom stereocenters. The molecule has 1 fully saturated rings. The molecule has 2 bridgehead atoms. The van der Waals surface area contributed by atoms with E-state index in [1.165, 1.54) is 27.7 Å². The lowest BCUT2D eigenvalue weighted by atomic mass is 9.60. The van der Waals surface area contributed by atoms with Gasteiger partial charge in [-0.3, -0.25) is 19.2 Å². The van der Waals surface area contributed by atoms with Crippen molar-refractivity contribution >= 4 is 23.9 Å². The Kier molecular flexibility index (Phi) is 8.36. The maximum Gasteiger partial charge on any atom is 0.303 e. The molecule has 8 atom stereocenters. The molecule has 3 aliphatic rings. The van der Waals surface area contributed by atoms with Crippen LogP contribution in [0.1, 0.15) is 80.6 Å². The molecule has 0 spiro atoms. The van der Waals surface area contributed by atoms with Crippen LogP contribution in [-0.2, 0) is 38.1 Å².